The first-order valence-electron chi connectivity index (χ1n) is 12.4. The molecule has 1 fully saturated rings. The van der Waals surface area contributed by atoms with Gasteiger partial charge in [-0.3, -0.25) is 9.48 Å². The number of carbonyl (C=O) groups is 1. The largest absolute Gasteiger partial charge is 0.455 e. The van der Waals surface area contributed by atoms with Crippen LogP contribution in [0, 0.1) is 6.92 Å². The lowest BCUT2D eigenvalue weighted by molar-refractivity contribution is 0.0914. The van der Waals surface area contributed by atoms with Crippen LogP contribution in [0.5, 0.6) is 0 Å². The Labute approximate surface area is 206 Å². The molecule has 2 aliphatic carbocycles. The highest BCUT2D eigenvalue weighted by Gasteiger charge is 2.30. The van der Waals surface area contributed by atoms with Gasteiger partial charge < -0.3 is 14.6 Å². The standard InChI is InChI=1S/C27H33ClN4O2/c1-18-24-23(34-26(18)27(33)29-14-15-31(2)21-9-4-3-5-10-21)13-12-20-17-32(30-25(20)24)16-19-8-6-7-11-22(19)28/h6-8,11,17,21H,3-5,9-10,12-16H2,1-2H3,(H,29,33). The molecule has 0 bridgehead atoms. The molecule has 0 atom stereocenters. The van der Waals surface area contributed by atoms with Gasteiger partial charge in [0.05, 0.1) is 12.2 Å². The summed E-state index contributed by atoms with van der Waals surface area (Å²) in [4.78, 5) is 15.4. The number of hydrogen-bond acceptors (Lipinski definition) is 4. The number of hydrogen-bond donors (Lipinski definition) is 1. The number of amides is 1. The molecule has 1 N–H and O–H groups in total. The molecule has 0 aliphatic heterocycles. The van der Waals surface area contributed by atoms with Crippen LogP contribution < -0.4 is 5.32 Å². The average Bonchev–Trinajstić information content (AvgIpc) is 3.41. The van der Waals surface area contributed by atoms with E-state index in [2.05, 4.69) is 23.5 Å². The lowest BCUT2D eigenvalue weighted by atomic mass is 9.93. The number of likely N-dealkylation sites (N-methyl/N-ethyl adjacent to an activating group) is 1. The fourth-order valence-electron chi connectivity index (χ4n) is 5.39. The van der Waals surface area contributed by atoms with Gasteiger partial charge in [0.25, 0.3) is 5.91 Å². The van der Waals surface area contributed by atoms with E-state index < -0.39 is 0 Å². The van der Waals surface area contributed by atoms with Crippen molar-refractivity contribution in [2.45, 2.75) is 64.5 Å². The summed E-state index contributed by atoms with van der Waals surface area (Å²) in [6.07, 6.45) is 10.2. The number of halogens is 1. The van der Waals surface area contributed by atoms with Crippen LogP contribution in [0.2, 0.25) is 5.02 Å². The Balaban J connectivity index is 1.28. The highest BCUT2D eigenvalue weighted by Crippen LogP contribution is 2.38. The first kappa shape index (κ1) is 23.2. The van der Waals surface area contributed by atoms with E-state index in [-0.39, 0.29) is 5.91 Å². The van der Waals surface area contributed by atoms with Gasteiger partial charge in [-0.25, -0.2) is 0 Å². The maximum Gasteiger partial charge on any atom is 0.287 e. The molecule has 0 saturated heterocycles. The second-order valence-corrected chi connectivity index (χ2v) is 10.1. The molecular weight excluding hydrogens is 448 g/mol. The zero-order chi connectivity index (χ0) is 23.7. The highest BCUT2D eigenvalue weighted by molar-refractivity contribution is 6.31. The van der Waals surface area contributed by atoms with Gasteiger partial charge >= 0.3 is 0 Å². The van der Waals surface area contributed by atoms with E-state index in [1.165, 1.54) is 37.7 Å². The molecule has 2 aromatic heterocycles. The van der Waals surface area contributed by atoms with Gasteiger partial charge in [0.2, 0.25) is 0 Å². The summed E-state index contributed by atoms with van der Waals surface area (Å²) in [6, 6.07) is 8.48. The number of rotatable bonds is 7. The molecule has 5 rings (SSSR count). The Kier molecular flexibility index (Phi) is 6.79. The van der Waals surface area contributed by atoms with Crippen molar-refractivity contribution in [2.75, 3.05) is 20.1 Å². The minimum atomic E-state index is -0.138. The summed E-state index contributed by atoms with van der Waals surface area (Å²) < 4.78 is 8.02. The van der Waals surface area contributed by atoms with E-state index in [1.807, 2.05) is 35.9 Å². The molecule has 1 amide bonds. The maximum atomic E-state index is 13.0. The predicted octanol–water partition coefficient (Wildman–Crippen LogP) is 5.25. The molecule has 2 heterocycles. The van der Waals surface area contributed by atoms with Crippen LogP contribution in [0.3, 0.4) is 0 Å². The third-order valence-electron chi connectivity index (χ3n) is 7.36. The molecular formula is C27H33ClN4O2. The summed E-state index contributed by atoms with van der Waals surface area (Å²) in [5, 5.41) is 8.67. The van der Waals surface area contributed by atoms with E-state index in [4.69, 9.17) is 21.1 Å². The van der Waals surface area contributed by atoms with E-state index in [0.717, 1.165) is 52.6 Å². The Morgan fingerprint density at radius 3 is 2.82 bits per heavy atom. The zero-order valence-electron chi connectivity index (χ0n) is 20.1. The summed E-state index contributed by atoms with van der Waals surface area (Å²) in [5.41, 5.74) is 4.99. The number of benzene rings is 1. The van der Waals surface area contributed by atoms with Crippen LogP contribution in [0.25, 0.3) is 11.3 Å². The molecule has 1 saturated carbocycles. The number of nitrogens with one attached hydrogen (secondary N) is 1. The number of aromatic nitrogens is 2. The van der Waals surface area contributed by atoms with Crippen molar-refractivity contribution in [2.24, 2.45) is 0 Å². The summed E-state index contributed by atoms with van der Waals surface area (Å²) in [7, 11) is 2.17. The van der Waals surface area contributed by atoms with Gasteiger partial charge in [-0.1, -0.05) is 49.1 Å². The fourth-order valence-corrected chi connectivity index (χ4v) is 5.59. The van der Waals surface area contributed by atoms with E-state index in [1.54, 1.807) is 0 Å². The third-order valence-corrected chi connectivity index (χ3v) is 7.73. The SMILES string of the molecule is Cc1c(C(=O)NCCN(C)C2CCCCC2)oc2c1-c1nn(Cc3ccccc3Cl)cc1CC2. The maximum absolute atomic E-state index is 13.0. The van der Waals surface area contributed by atoms with Crippen molar-refractivity contribution < 1.29 is 9.21 Å². The van der Waals surface area contributed by atoms with Crippen molar-refractivity contribution >= 4 is 17.5 Å². The van der Waals surface area contributed by atoms with Gasteiger partial charge in [-0.15, -0.1) is 0 Å². The number of carbonyl (C=O) groups excluding carboxylic acids is 1. The minimum Gasteiger partial charge on any atom is -0.455 e. The molecule has 0 spiro atoms. The lowest BCUT2D eigenvalue weighted by Crippen LogP contribution is -2.39. The van der Waals surface area contributed by atoms with Gasteiger partial charge in [-0.2, -0.15) is 5.10 Å². The summed E-state index contributed by atoms with van der Waals surface area (Å²) in [6.45, 7) is 4.05. The topological polar surface area (TPSA) is 63.3 Å². The monoisotopic (exact) mass is 480 g/mol. The molecule has 1 aromatic carbocycles. The summed E-state index contributed by atoms with van der Waals surface area (Å²) >= 11 is 6.35. The molecule has 7 heteroatoms. The fraction of sp³-hybridized carbons (Fsp3) is 0.481. The Morgan fingerprint density at radius 2 is 2.03 bits per heavy atom. The molecule has 6 nitrogen and oxygen atoms in total. The molecule has 3 aromatic rings. The normalized spacial score (nSPS) is 15.9. The van der Waals surface area contributed by atoms with Crippen molar-refractivity contribution in [1.82, 2.24) is 20.0 Å². The van der Waals surface area contributed by atoms with Crippen LogP contribution in [0.1, 0.15) is 65.1 Å². The number of nitrogens with zero attached hydrogens (tertiary/aromatic N) is 3. The quantitative estimate of drug-likeness (QED) is 0.502. The molecule has 0 unspecified atom stereocenters. The van der Waals surface area contributed by atoms with E-state index >= 15 is 0 Å². The van der Waals surface area contributed by atoms with Crippen molar-refractivity contribution in [1.29, 1.82) is 0 Å². The predicted molar refractivity (Wildman–Crippen MR) is 134 cm³/mol. The van der Waals surface area contributed by atoms with Gasteiger partial charge in [0.1, 0.15) is 5.76 Å². The smallest absolute Gasteiger partial charge is 0.287 e. The van der Waals surface area contributed by atoms with Crippen LogP contribution in [0.4, 0.5) is 0 Å². The first-order chi connectivity index (χ1) is 16.5. The molecule has 34 heavy (non-hydrogen) atoms. The Hall–Kier alpha value is -2.57. The molecule has 180 valence electrons. The zero-order valence-corrected chi connectivity index (χ0v) is 20.8. The second-order valence-electron chi connectivity index (χ2n) is 9.67. The second kappa shape index (κ2) is 9.96. The van der Waals surface area contributed by atoms with Gasteiger partial charge in [0.15, 0.2) is 5.76 Å². The van der Waals surface area contributed by atoms with Gasteiger partial charge in [0, 0.05) is 47.9 Å². The van der Waals surface area contributed by atoms with Crippen LogP contribution in [-0.2, 0) is 19.4 Å². The highest BCUT2D eigenvalue weighted by atomic mass is 35.5. The van der Waals surface area contributed by atoms with Crippen LogP contribution >= 0.6 is 11.6 Å². The molecule has 2 aliphatic rings. The average molecular weight is 481 g/mol. The van der Waals surface area contributed by atoms with Crippen molar-refractivity contribution in [3.63, 3.8) is 0 Å². The Bertz CT molecular complexity index is 1180. The van der Waals surface area contributed by atoms with Crippen LogP contribution in [0.15, 0.2) is 34.9 Å². The molecule has 0 radical (unpaired) electrons. The van der Waals surface area contributed by atoms with Gasteiger partial charge in [-0.05, 0) is 50.4 Å². The summed E-state index contributed by atoms with van der Waals surface area (Å²) in [5.74, 6) is 1.14. The number of furan rings is 1. The van der Waals surface area contributed by atoms with Crippen LogP contribution in [-0.4, -0.2) is 46.8 Å². The third kappa shape index (κ3) is 4.66. The van der Waals surface area contributed by atoms with Crippen molar-refractivity contribution in [3.05, 3.63) is 63.7 Å². The van der Waals surface area contributed by atoms with Crippen molar-refractivity contribution in [3.8, 4) is 11.3 Å². The lowest BCUT2D eigenvalue weighted by Gasteiger charge is -2.31. The minimum absolute atomic E-state index is 0.138. The number of aryl methyl sites for hydroxylation is 2. The first-order valence-corrected chi connectivity index (χ1v) is 12.8. The Morgan fingerprint density at radius 1 is 1.24 bits per heavy atom. The van der Waals surface area contributed by atoms with E-state index in [0.29, 0.717) is 24.9 Å². The number of fused-ring (bicyclic) bond motifs is 3. The van der Waals surface area contributed by atoms with E-state index in [9.17, 15) is 4.79 Å².